The molecule has 1 aliphatic carbocycles. The molecule has 0 spiro atoms. The molecule has 0 aliphatic heterocycles. The molecule has 0 aromatic heterocycles. The molecule has 0 saturated heterocycles. The van der Waals surface area contributed by atoms with Gasteiger partial charge >= 0.3 is 5.97 Å². The number of esters is 1. The molecule has 0 atom stereocenters. The summed E-state index contributed by atoms with van der Waals surface area (Å²) in [6.45, 7) is 1.21. The van der Waals surface area contributed by atoms with Crippen LogP contribution in [0.4, 0.5) is 0 Å². The van der Waals surface area contributed by atoms with Crippen molar-refractivity contribution in [3.05, 3.63) is 63.7 Å². The topological polar surface area (TPSA) is 115 Å². The van der Waals surface area contributed by atoms with Gasteiger partial charge in [-0.3, -0.25) is 24.0 Å². The van der Waals surface area contributed by atoms with E-state index in [4.69, 9.17) is 0 Å². The number of Topliss-reactive ketones (excluding diaryl/α,β-unsaturated/α-hetero) is 2. The van der Waals surface area contributed by atoms with E-state index in [1.54, 1.807) is 12.1 Å². The van der Waals surface area contributed by atoms with Crippen molar-refractivity contribution in [2.24, 2.45) is 0 Å². The Bertz CT molecular complexity index is 1060. The lowest BCUT2D eigenvalue weighted by atomic mass is 9.80. The number of benzene rings is 2. The molecule has 2 aromatic carbocycles. The van der Waals surface area contributed by atoms with E-state index < -0.39 is 47.7 Å². The Morgan fingerprint density at radius 3 is 2.18 bits per heavy atom. The maximum atomic E-state index is 12.9. The lowest BCUT2D eigenvalue weighted by Crippen LogP contribution is -2.24. The highest BCUT2D eigenvalue weighted by Crippen LogP contribution is 2.37. The van der Waals surface area contributed by atoms with E-state index in [0.29, 0.717) is 0 Å². The van der Waals surface area contributed by atoms with Gasteiger partial charge in [-0.2, -0.15) is 0 Å². The molecule has 0 amide bonds. The van der Waals surface area contributed by atoms with E-state index in [1.165, 1.54) is 25.1 Å². The van der Waals surface area contributed by atoms with Gasteiger partial charge < -0.3 is 9.84 Å². The number of hydrogen-bond donors (Lipinski definition) is 1. The number of ketones is 4. The van der Waals surface area contributed by atoms with Gasteiger partial charge in [0.15, 0.2) is 17.3 Å². The second-order valence-electron chi connectivity index (χ2n) is 6.44. The smallest absolute Gasteiger partial charge is 0.310 e. The van der Waals surface area contributed by atoms with E-state index >= 15 is 0 Å². The Morgan fingerprint density at radius 1 is 1.00 bits per heavy atom. The minimum atomic E-state index is -0.745. The number of phenols is 1. The van der Waals surface area contributed by atoms with Crippen molar-refractivity contribution in [2.75, 3.05) is 7.11 Å². The molecule has 0 radical (unpaired) electrons. The predicted molar refractivity (Wildman–Crippen MR) is 96.8 cm³/mol. The normalized spacial score (nSPS) is 12.2. The van der Waals surface area contributed by atoms with Crippen LogP contribution in [0, 0.1) is 0 Å². The first-order chi connectivity index (χ1) is 13.3. The van der Waals surface area contributed by atoms with Crippen LogP contribution in [0.2, 0.25) is 0 Å². The molecule has 0 fully saturated rings. The Balaban J connectivity index is 2.28. The van der Waals surface area contributed by atoms with Gasteiger partial charge in [0, 0.05) is 16.7 Å². The Kier molecular flexibility index (Phi) is 4.92. The van der Waals surface area contributed by atoms with Crippen molar-refractivity contribution in [1.29, 1.82) is 0 Å². The van der Waals surface area contributed by atoms with Crippen LogP contribution in [0.1, 0.15) is 61.1 Å². The number of methoxy groups -OCH3 is 1. The highest BCUT2D eigenvalue weighted by Gasteiger charge is 2.35. The minimum absolute atomic E-state index is 0.0230. The fourth-order valence-corrected chi connectivity index (χ4v) is 3.28. The van der Waals surface area contributed by atoms with Crippen LogP contribution >= 0.6 is 0 Å². The average Bonchev–Trinajstić information content (AvgIpc) is 2.65. The van der Waals surface area contributed by atoms with Crippen LogP contribution in [0.5, 0.6) is 5.75 Å². The summed E-state index contributed by atoms with van der Waals surface area (Å²) in [7, 11) is 1.16. The first kappa shape index (κ1) is 19.2. The molecule has 1 aliphatic rings. The lowest BCUT2D eigenvalue weighted by Gasteiger charge is -2.21. The second-order valence-corrected chi connectivity index (χ2v) is 6.44. The second kappa shape index (κ2) is 7.19. The summed E-state index contributed by atoms with van der Waals surface area (Å²) in [6.07, 6.45) is -0.918. The standard InChI is InChI=1S/C21H16O7/c1-10(22)7-15(23)17-11(9-16(24)28-2)8-14-18(21(17)27)20(26)13-6-4-3-5-12(13)19(14)25/h3-6,8,27H,7,9H2,1-2H3. The molecule has 28 heavy (non-hydrogen) atoms. The highest BCUT2D eigenvalue weighted by molar-refractivity contribution is 6.30. The quantitative estimate of drug-likeness (QED) is 0.409. The van der Waals surface area contributed by atoms with Gasteiger partial charge in [-0.05, 0) is 18.6 Å². The molecule has 0 bridgehead atoms. The maximum absolute atomic E-state index is 12.9. The molecule has 7 heteroatoms. The van der Waals surface area contributed by atoms with Gasteiger partial charge in [0.2, 0.25) is 0 Å². The molecule has 0 heterocycles. The summed E-state index contributed by atoms with van der Waals surface area (Å²) in [6, 6.07) is 7.38. The monoisotopic (exact) mass is 380 g/mol. The minimum Gasteiger partial charge on any atom is -0.506 e. The third-order valence-corrected chi connectivity index (χ3v) is 4.52. The van der Waals surface area contributed by atoms with Crippen LogP contribution in [-0.2, 0) is 20.7 Å². The van der Waals surface area contributed by atoms with Crippen molar-refractivity contribution in [1.82, 2.24) is 0 Å². The van der Waals surface area contributed by atoms with Gasteiger partial charge in [-0.1, -0.05) is 24.3 Å². The van der Waals surface area contributed by atoms with Crippen molar-refractivity contribution in [3.8, 4) is 5.75 Å². The van der Waals surface area contributed by atoms with Crippen LogP contribution in [-0.4, -0.2) is 41.3 Å². The average molecular weight is 380 g/mol. The van der Waals surface area contributed by atoms with Gasteiger partial charge in [0.25, 0.3) is 0 Å². The molecule has 0 saturated carbocycles. The third-order valence-electron chi connectivity index (χ3n) is 4.52. The third kappa shape index (κ3) is 3.11. The first-order valence-electron chi connectivity index (χ1n) is 8.43. The number of hydrogen-bond acceptors (Lipinski definition) is 7. The number of phenolic OH excluding ortho intramolecular Hbond substituents is 1. The first-order valence-corrected chi connectivity index (χ1v) is 8.43. The number of fused-ring (bicyclic) bond motifs is 2. The summed E-state index contributed by atoms with van der Waals surface area (Å²) in [4.78, 5) is 61.4. The van der Waals surface area contributed by atoms with E-state index in [9.17, 15) is 29.1 Å². The van der Waals surface area contributed by atoms with Gasteiger partial charge in [-0.15, -0.1) is 0 Å². The zero-order valence-electron chi connectivity index (χ0n) is 15.2. The van der Waals surface area contributed by atoms with E-state index in [0.717, 1.165) is 7.11 Å². The van der Waals surface area contributed by atoms with Gasteiger partial charge in [-0.25, -0.2) is 0 Å². The van der Waals surface area contributed by atoms with E-state index in [-0.39, 0.29) is 33.4 Å². The molecule has 3 rings (SSSR count). The molecular formula is C21H16O7. The van der Waals surface area contributed by atoms with Crippen molar-refractivity contribution in [3.63, 3.8) is 0 Å². The molecule has 1 N–H and O–H groups in total. The van der Waals surface area contributed by atoms with Crippen LogP contribution in [0.15, 0.2) is 30.3 Å². The molecule has 2 aromatic rings. The molecule has 142 valence electrons. The van der Waals surface area contributed by atoms with Crippen molar-refractivity contribution >= 4 is 29.1 Å². The zero-order valence-corrected chi connectivity index (χ0v) is 15.2. The van der Waals surface area contributed by atoms with Crippen molar-refractivity contribution in [2.45, 2.75) is 19.8 Å². The van der Waals surface area contributed by atoms with Crippen molar-refractivity contribution < 1.29 is 33.8 Å². The zero-order chi connectivity index (χ0) is 20.6. The van der Waals surface area contributed by atoms with Gasteiger partial charge in [0.1, 0.15) is 11.5 Å². The fourth-order valence-electron chi connectivity index (χ4n) is 3.28. The Labute approximate surface area is 159 Å². The fraction of sp³-hybridized carbons (Fsp3) is 0.190. The number of ether oxygens (including phenoxy) is 1. The Morgan fingerprint density at radius 2 is 1.61 bits per heavy atom. The number of carbonyl (C=O) groups is 5. The lowest BCUT2D eigenvalue weighted by molar-refractivity contribution is -0.139. The molecule has 7 nitrogen and oxygen atoms in total. The SMILES string of the molecule is COC(=O)Cc1cc2c(c(O)c1C(=O)CC(C)=O)C(=O)c1ccccc1C2=O. The summed E-state index contributed by atoms with van der Waals surface area (Å²) >= 11 is 0. The predicted octanol–water partition coefficient (Wildman–Crippen LogP) is 2.04. The van der Waals surface area contributed by atoms with Crippen LogP contribution < -0.4 is 0 Å². The highest BCUT2D eigenvalue weighted by atomic mass is 16.5. The summed E-state index contributed by atoms with van der Waals surface area (Å²) in [5.41, 5.74) is -0.411. The van der Waals surface area contributed by atoms with E-state index in [2.05, 4.69) is 4.74 Å². The van der Waals surface area contributed by atoms with Crippen LogP contribution in [0.25, 0.3) is 0 Å². The number of aromatic hydroxyl groups is 1. The summed E-state index contributed by atoms with van der Waals surface area (Å²) < 4.78 is 4.61. The number of carbonyl (C=O) groups excluding carboxylic acids is 5. The summed E-state index contributed by atoms with van der Waals surface area (Å²) in [5.74, 6) is -3.70. The Hall–Kier alpha value is -3.61. The van der Waals surface area contributed by atoms with Gasteiger partial charge in [0.05, 0.1) is 31.1 Å². The summed E-state index contributed by atoms with van der Waals surface area (Å²) in [5, 5.41) is 10.7. The molecule has 0 unspecified atom stereocenters. The maximum Gasteiger partial charge on any atom is 0.310 e. The number of rotatable bonds is 5. The van der Waals surface area contributed by atoms with Crippen LogP contribution in [0.3, 0.4) is 0 Å². The van der Waals surface area contributed by atoms with E-state index in [1.807, 2.05) is 0 Å². The molecular weight excluding hydrogens is 364 g/mol. The largest absolute Gasteiger partial charge is 0.506 e.